The fourth-order valence-corrected chi connectivity index (χ4v) is 2.33. The summed E-state index contributed by atoms with van der Waals surface area (Å²) in [6, 6.07) is 10.5. The Bertz CT molecular complexity index is 710. The maximum Gasteiger partial charge on any atom is 0.251 e. The summed E-state index contributed by atoms with van der Waals surface area (Å²) in [5, 5.41) is 12.7. The fraction of sp³-hybridized carbons (Fsp3) is 0.250. The summed E-state index contributed by atoms with van der Waals surface area (Å²) in [5.74, 6) is -0.327. The molecule has 0 spiro atoms. The lowest BCUT2D eigenvalue weighted by molar-refractivity contribution is -0.122. The van der Waals surface area contributed by atoms with E-state index >= 15 is 0 Å². The van der Waals surface area contributed by atoms with Crippen molar-refractivity contribution in [2.24, 2.45) is 0 Å². The molecule has 0 saturated heterocycles. The smallest absolute Gasteiger partial charge is 0.251 e. The molecule has 0 fully saturated rings. The second kappa shape index (κ2) is 7.38. The van der Waals surface area contributed by atoms with Gasteiger partial charge in [0.15, 0.2) is 0 Å². The molecule has 116 valence electrons. The first-order chi connectivity index (χ1) is 10.5. The van der Waals surface area contributed by atoms with Crippen molar-refractivity contribution >= 4 is 21.8 Å². The number of nitrogens with one attached hydrogen (secondary N) is 1. The van der Waals surface area contributed by atoms with Crippen LogP contribution in [0.25, 0.3) is 0 Å². The van der Waals surface area contributed by atoms with Crippen molar-refractivity contribution in [3.05, 3.63) is 68.5 Å². The van der Waals surface area contributed by atoms with Gasteiger partial charge in [-0.3, -0.25) is 9.59 Å². The number of halogens is 1. The molecule has 1 aromatic heterocycles. The molecular weight excluding hydrogens is 348 g/mol. The molecule has 22 heavy (non-hydrogen) atoms. The Morgan fingerprint density at radius 1 is 1.27 bits per heavy atom. The number of aryl methyl sites for hydroxylation is 1. The Balaban J connectivity index is 1.91. The van der Waals surface area contributed by atoms with Gasteiger partial charge in [-0.1, -0.05) is 29.8 Å². The molecule has 0 saturated carbocycles. The summed E-state index contributed by atoms with van der Waals surface area (Å²) in [6.45, 7) is 1.98. The van der Waals surface area contributed by atoms with E-state index in [4.69, 9.17) is 0 Å². The molecule has 1 heterocycles. The molecular formula is C16H17BrN2O3. The monoisotopic (exact) mass is 364 g/mol. The second-order valence-electron chi connectivity index (χ2n) is 5.04. The Hall–Kier alpha value is -1.92. The van der Waals surface area contributed by atoms with Gasteiger partial charge in [-0.25, -0.2) is 0 Å². The predicted octanol–water partition coefficient (Wildman–Crippen LogP) is 1.77. The molecule has 1 amide bonds. The average molecular weight is 365 g/mol. The number of aliphatic hydroxyl groups is 1. The molecule has 2 aromatic rings. The molecule has 6 heteroatoms. The summed E-state index contributed by atoms with van der Waals surface area (Å²) >= 11 is 3.25. The highest BCUT2D eigenvalue weighted by Gasteiger charge is 2.10. The first-order valence-corrected chi connectivity index (χ1v) is 7.62. The van der Waals surface area contributed by atoms with Gasteiger partial charge in [0, 0.05) is 23.3 Å². The van der Waals surface area contributed by atoms with Gasteiger partial charge < -0.3 is 15.0 Å². The first kappa shape index (κ1) is 16.5. The number of amides is 1. The Labute approximate surface area is 136 Å². The number of benzene rings is 1. The van der Waals surface area contributed by atoms with Crippen LogP contribution >= 0.6 is 15.9 Å². The first-order valence-electron chi connectivity index (χ1n) is 6.83. The van der Waals surface area contributed by atoms with Crippen molar-refractivity contribution in [2.45, 2.75) is 19.6 Å². The van der Waals surface area contributed by atoms with Crippen LogP contribution in [0.5, 0.6) is 0 Å². The minimum atomic E-state index is -0.774. The highest BCUT2D eigenvalue weighted by atomic mass is 79.9. The van der Waals surface area contributed by atoms with Gasteiger partial charge in [0.05, 0.1) is 6.10 Å². The number of rotatable bonds is 5. The molecule has 0 radical (unpaired) electrons. The minimum absolute atomic E-state index is 0.0844. The van der Waals surface area contributed by atoms with Crippen LogP contribution in [0.15, 0.2) is 51.9 Å². The number of aliphatic hydroxyl groups excluding tert-OH is 1. The normalized spacial score (nSPS) is 12.0. The second-order valence-corrected chi connectivity index (χ2v) is 5.96. The van der Waals surface area contributed by atoms with Crippen LogP contribution in [0.4, 0.5) is 0 Å². The van der Waals surface area contributed by atoms with Gasteiger partial charge in [-0.15, -0.1) is 0 Å². The lowest BCUT2D eigenvalue weighted by atomic mass is 10.1. The standard InChI is InChI=1S/C16H17BrN2O3/c1-11-2-4-12(5-3-11)14(20)8-18-15(21)10-19-9-13(17)6-7-16(19)22/h2-7,9,14,20H,8,10H2,1H3,(H,18,21)/t14-/m0/s1. The quantitative estimate of drug-likeness (QED) is 0.849. The molecule has 0 aliphatic carbocycles. The number of hydrogen-bond donors (Lipinski definition) is 2. The Morgan fingerprint density at radius 3 is 2.64 bits per heavy atom. The molecule has 0 aliphatic heterocycles. The van der Waals surface area contributed by atoms with Gasteiger partial charge in [-0.05, 0) is 34.5 Å². The van der Waals surface area contributed by atoms with Crippen molar-refractivity contribution in [2.75, 3.05) is 6.54 Å². The molecule has 1 aromatic carbocycles. The minimum Gasteiger partial charge on any atom is -0.387 e. The summed E-state index contributed by atoms with van der Waals surface area (Å²) in [4.78, 5) is 23.5. The van der Waals surface area contributed by atoms with Crippen LogP contribution in [-0.4, -0.2) is 22.1 Å². The van der Waals surface area contributed by atoms with E-state index < -0.39 is 6.10 Å². The van der Waals surface area contributed by atoms with Crippen LogP contribution in [0, 0.1) is 6.92 Å². The average Bonchev–Trinajstić information content (AvgIpc) is 2.49. The van der Waals surface area contributed by atoms with Gasteiger partial charge in [0.25, 0.3) is 5.56 Å². The SMILES string of the molecule is Cc1ccc([C@@H](O)CNC(=O)Cn2cc(Br)ccc2=O)cc1. The van der Waals surface area contributed by atoms with Crippen molar-refractivity contribution in [1.82, 2.24) is 9.88 Å². The maximum absolute atomic E-state index is 11.9. The molecule has 2 rings (SSSR count). The molecule has 0 aliphatic rings. The maximum atomic E-state index is 11.9. The zero-order valence-corrected chi connectivity index (χ0v) is 13.7. The van der Waals surface area contributed by atoms with Gasteiger partial charge in [0.2, 0.25) is 5.91 Å². The van der Waals surface area contributed by atoms with Crippen LogP contribution in [0.2, 0.25) is 0 Å². The summed E-state index contributed by atoms with van der Waals surface area (Å²) in [7, 11) is 0. The number of pyridine rings is 1. The van der Waals surface area contributed by atoms with E-state index in [1.54, 1.807) is 12.3 Å². The van der Waals surface area contributed by atoms with Crippen molar-refractivity contribution < 1.29 is 9.90 Å². The van der Waals surface area contributed by atoms with E-state index in [1.165, 1.54) is 10.6 Å². The third kappa shape index (κ3) is 4.54. The van der Waals surface area contributed by atoms with E-state index in [1.807, 2.05) is 31.2 Å². The number of aromatic nitrogens is 1. The van der Waals surface area contributed by atoms with E-state index in [2.05, 4.69) is 21.2 Å². The van der Waals surface area contributed by atoms with Crippen molar-refractivity contribution in [3.8, 4) is 0 Å². The molecule has 0 unspecified atom stereocenters. The third-order valence-electron chi connectivity index (χ3n) is 3.22. The summed E-state index contributed by atoms with van der Waals surface area (Å²) < 4.78 is 2.03. The van der Waals surface area contributed by atoms with E-state index in [-0.39, 0.29) is 24.6 Å². The van der Waals surface area contributed by atoms with E-state index in [9.17, 15) is 14.7 Å². The van der Waals surface area contributed by atoms with E-state index in [0.29, 0.717) is 0 Å². The number of carbonyl (C=O) groups is 1. The van der Waals surface area contributed by atoms with E-state index in [0.717, 1.165) is 15.6 Å². The highest BCUT2D eigenvalue weighted by molar-refractivity contribution is 9.10. The van der Waals surface area contributed by atoms with Crippen LogP contribution in [-0.2, 0) is 11.3 Å². The largest absolute Gasteiger partial charge is 0.387 e. The lowest BCUT2D eigenvalue weighted by Gasteiger charge is -2.13. The molecule has 0 bridgehead atoms. The molecule has 5 nitrogen and oxygen atoms in total. The Kier molecular flexibility index (Phi) is 5.51. The molecule has 1 atom stereocenters. The highest BCUT2D eigenvalue weighted by Crippen LogP contribution is 2.12. The van der Waals surface area contributed by atoms with Crippen LogP contribution in [0.3, 0.4) is 0 Å². The summed E-state index contributed by atoms with van der Waals surface area (Å²) in [6.07, 6.45) is 0.780. The molecule has 2 N–H and O–H groups in total. The van der Waals surface area contributed by atoms with Crippen LogP contribution < -0.4 is 10.9 Å². The van der Waals surface area contributed by atoms with Crippen LogP contribution in [0.1, 0.15) is 17.2 Å². The van der Waals surface area contributed by atoms with Gasteiger partial charge >= 0.3 is 0 Å². The van der Waals surface area contributed by atoms with Gasteiger partial charge in [-0.2, -0.15) is 0 Å². The predicted molar refractivity (Wildman–Crippen MR) is 87.6 cm³/mol. The lowest BCUT2D eigenvalue weighted by Crippen LogP contribution is -2.34. The third-order valence-corrected chi connectivity index (χ3v) is 3.69. The van der Waals surface area contributed by atoms with Crippen molar-refractivity contribution in [1.29, 1.82) is 0 Å². The number of nitrogens with zero attached hydrogens (tertiary/aromatic N) is 1. The van der Waals surface area contributed by atoms with Crippen molar-refractivity contribution in [3.63, 3.8) is 0 Å². The topological polar surface area (TPSA) is 71.3 Å². The zero-order chi connectivity index (χ0) is 16.1. The Morgan fingerprint density at radius 2 is 1.95 bits per heavy atom. The van der Waals surface area contributed by atoms with Gasteiger partial charge in [0.1, 0.15) is 6.54 Å². The summed E-state index contributed by atoms with van der Waals surface area (Å²) in [5.41, 5.74) is 1.59. The number of hydrogen-bond acceptors (Lipinski definition) is 3. The number of carbonyl (C=O) groups excluding carboxylic acids is 1. The zero-order valence-electron chi connectivity index (χ0n) is 12.1. The fourth-order valence-electron chi connectivity index (χ4n) is 1.95.